The molecule has 1 atom stereocenters. The monoisotopic (exact) mass is 395 g/mol. The topological polar surface area (TPSA) is 89.4 Å². The number of aromatic nitrogens is 3. The highest BCUT2D eigenvalue weighted by Gasteiger charge is 2.47. The molecule has 2 fully saturated rings. The zero-order valence-electron chi connectivity index (χ0n) is 14.6. The Morgan fingerprint density at radius 1 is 1.29 bits per heavy atom. The molecule has 148 valence electrons. The van der Waals surface area contributed by atoms with Crippen LogP contribution in [0.5, 0.6) is 0 Å². The minimum absolute atomic E-state index is 0.103. The molecular formula is C17H16F3N5O3. The molecule has 0 saturated carbocycles. The van der Waals surface area contributed by atoms with E-state index < -0.39 is 23.7 Å². The van der Waals surface area contributed by atoms with Crippen molar-refractivity contribution >= 4 is 12.0 Å². The van der Waals surface area contributed by atoms with Gasteiger partial charge in [-0.2, -0.15) is 13.2 Å². The molecule has 1 unspecified atom stereocenters. The van der Waals surface area contributed by atoms with Gasteiger partial charge in [0.05, 0.1) is 19.6 Å². The Balaban J connectivity index is 1.40. The molecule has 0 aliphatic carbocycles. The number of ether oxygens (including phenoxy) is 1. The van der Waals surface area contributed by atoms with Gasteiger partial charge >= 0.3 is 12.3 Å². The van der Waals surface area contributed by atoms with Crippen molar-refractivity contribution in [2.75, 3.05) is 19.6 Å². The van der Waals surface area contributed by atoms with E-state index in [9.17, 15) is 22.8 Å². The lowest BCUT2D eigenvalue weighted by atomic mass is 10.0. The number of alkyl halides is 3. The molecule has 1 spiro atoms. The zero-order valence-corrected chi connectivity index (χ0v) is 14.6. The van der Waals surface area contributed by atoms with Crippen molar-refractivity contribution in [3.63, 3.8) is 0 Å². The van der Waals surface area contributed by atoms with Gasteiger partial charge in [-0.25, -0.2) is 14.5 Å². The number of amides is 2. The van der Waals surface area contributed by atoms with Gasteiger partial charge in [-0.3, -0.25) is 4.79 Å². The molecule has 2 amide bonds. The summed E-state index contributed by atoms with van der Waals surface area (Å²) in [6.07, 6.45) is -3.47. The number of carbonyl (C=O) groups excluding carboxylic acids is 2. The predicted molar refractivity (Wildman–Crippen MR) is 88.3 cm³/mol. The van der Waals surface area contributed by atoms with E-state index in [-0.39, 0.29) is 12.5 Å². The molecule has 11 heteroatoms. The van der Waals surface area contributed by atoms with Crippen LogP contribution in [0.25, 0.3) is 0 Å². The molecule has 1 N–H and O–H groups in total. The first-order chi connectivity index (χ1) is 13.2. The van der Waals surface area contributed by atoms with Crippen molar-refractivity contribution in [3.8, 4) is 0 Å². The minimum Gasteiger partial charge on any atom is -0.439 e. The van der Waals surface area contributed by atoms with Crippen LogP contribution in [0.2, 0.25) is 0 Å². The average Bonchev–Trinajstić information content (AvgIpc) is 3.36. The van der Waals surface area contributed by atoms with Gasteiger partial charge in [0.15, 0.2) is 5.60 Å². The van der Waals surface area contributed by atoms with Gasteiger partial charge in [0, 0.05) is 18.5 Å². The van der Waals surface area contributed by atoms with Crippen molar-refractivity contribution in [2.45, 2.75) is 24.7 Å². The van der Waals surface area contributed by atoms with E-state index in [1.165, 1.54) is 0 Å². The molecule has 2 aromatic rings. The summed E-state index contributed by atoms with van der Waals surface area (Å²) in [6, 6.07) is 6.54. The van der Waals surface area contributed by atoms with Crippen LogP contribution in [0.15, 0.2) is 30.6 Å². The van der Waals surface area contributed by atoms with Gasteiger partial charge in [-0.1, -0.05) is 12.1 Å². The Hall–Kier alpha value is -3.11. The molecule has 8 nitrogen and oxygen atoms in total. The third-order valence-corrected chi connectivity index (χ3v) is 4.80. The fraction of sp³-hybridized carbons (Fsp3) is 0.412. The second-order valence-electron chi connectivity index (χ2n) is 6.86. The Bertz CT molecular complexity index is 912. The van der Waals surface area contributed by atoms with E-state index in [2.05, 4.69) is 15.4 Å². The van der Waals surface area contributed by atoms with Crippen LogP contribution in [0.4, 0.5) is 18.0 Å². The third-order valence-electron chi connectivity index (χ3n) is 4.80. The van der Waals surface area contributed by atoms with Crippen molar-refractivity contribution in [1.29, 1.82) is 0 Å². The fourth-order valence-electron chi connectivity index (χ4n) is 3.37. The standard InChI is InChI=1S/C17H16F3N5O3/c18-17(19,20)14-22-10-25(23-14)7-11-1-3-12(4-2-11)13(26)24-6-5-16(9-24)8-21-15(27)28-16/h1-4,10H,5-9H2,(H,21,27). The fourth-order valence-corrected chi connectivity index (χ4v) is 3.37. The van der Waals surface area contributed by atoms with E-state index in [0.29, 0.717) is 37.2 Å². The average molecular weight is 395 g/mol. The normalized spacial score (nSPS) is 21.8. The Morgan fingerprint density at radius 3 is 2.64 bits per heavy atom. The molecule has 2 aliphatic rings. The summed E-state index contributed by atoms with van der Waals surface area (Å²) in [5.41, 5.74) is 0.477. The van der Waals surface area contributed by atoms with Crippen LogP contribution in [-0.2, 0) is 17.5 Å². The predicted octanol–water partition coefficient (Wildman–Crippen LogP) is 1.67. The van der Waals surface area contributed by atoms with Gasteiger partial charge < -0.3 is 15.0 Å². The van der Waals surface area contributed by atoms with E-state index >= 15 is 0 Å². The van der Waals surface area contributed by atoms with Gasteiger partial charge in [0.2, 0.25) is 0 Å². The van der Waals surface area contributed by atoms with Crippen LogP contribution < -0.4 is 5.32 Å². The van der Waals surface area contributed by atoms with E-state index in [4.69, 9.17) is 4.74 Å². The Morgan fingerprint density at radius 2 is 2.04 bits per heavy atom. The lowest BCUT2D eigenvalue weighted by Gasteiger charge is -2.21. The van der Waals surface area contributed by atoms with Crippen LogP contribution in [0.3, 0.4) is 0 Å². The summed E-state index contributed by atoms with van der Waals surface area (Å²) >= 11 is 0. The van der Waals surface area contributed by atoms with E-state index in [1.807, 2.05) is 0 Å². The summed E-state index contributed by atoms with van der Waals surface area (Å²) in [5, 5.41) is 6.01. The number of benzene rings is 1. The SMILES string of the molecule is O=C1NCC2(CCN(C(=O)c3ccc(Cn4cnc(C(F)(F)F)n4)cc3)C2)O1. The first-order valence-corrected chi connectivity index (χ1v) is 8.56. The zero-order chi connectivity index (χ0) is 19.9. The molecule has 28 heavy (non-hydrogen) atoms. The summed E-state index contributed by atoms with van der Waals surface area (Å²) in [4.78, 5) is 28.8. The molecular weight excluding hydrogens is 379 g/mol. The summed E-state index contributed by atoms with van der Waals surface area (Å²) < 4.78 is 44.0. The quantitative estimate of drug-likeness (QED) is 0.854. The summed E-state index contributed by atoms with van der Waals surface area (Å²) in [5.74, 6) is -1.38. The van der Waals surface area contributed by atoms with E-state index in [0.717, 1.165) is 11.0 Å². The Labute approximate surface area is 157 Å². The molecule has 3 heterocycles. The highest BCUT2D eigenvalue weighted by atomic mass is 19.4. The van der Waals surface area contributed by atoms with Crippen molar-refractivity contribution in [2.24, 2.45) is 0 Å². The van der Waals surface area contributed by atoms with Crippen LogP contribution >= 0.6 is 0 Å². The van der Waals surface area contributed by atoms with Crippen LogP contribution in [0.1, 0.15) is 28.2 Å². The largest absolute Gasteiger partial charge is 0.453 e. The second-order valence-corrected chi connectivity index (χ2v) is 6.86. The van der Waals surface area contributed by atoms with Gasteiger partial charge in [-0.15, -0.1) is 5.10 Å². The number of halogens is 3. The molecule has 2 aliphatic heterocycles. The maximum Gasteiger partial charge on any atom is 0.453 e. The number of nitrogens with zero attached hydrogens (tertiary/aromatic N) is 4. The van der Waals surface area contributed by atoms with Gasteiger partial charge in [0.1, 0.15) is 6.33 Å². The number of nitrogens with one attached hydrogen (secondary N) is 1. The van der Waals surface area contributed by atoms with Crippen molar-refractivity contribution in [1.82, 2.24) is 25.0 Å². The number of hydrogen-bond acceptors (Lipinski definition) is 5. The lowest BCUT2D eigenvalue weighted by Crippen LogP contribution is -2.38. The maximum atomic E-state index is 12.7. The van der Waals surface area contributed by atoms with Crippen LogP contribution in [0, 0.1) is 0 Å². The highest BCUT2D eigenvalue weighted by Crippen LogP contribution is 2.29. The molecule has 0 radical (unpaired) electrons. The smallest absolute Gasteiger partial charge is 0.439 e. The second kappa shape index (κ2) is 6.50. The van der Waals surface area contributed by atoms with Crippen LogP contribution in [-0.4, -0.2) is 56.9 Å². The molecule has 1 aromatic heterocycles. The minimum atomic E-state index is -4.59. The van der Waals surface area contributed by atoms with E-state index in [1.54, 1.807) is 29.2 Å². The molecule has 4 rings (SSSR count). The number of carbonyl (C=O) groups is 2. The first-order valence-electron chi connectivity index (χ1n) is 8.56. The van der Waals surface area contributed by atoms with Gasteiger partial charge in [0.25, 0.3) is 11.7 Å². The lowest BCUT2D eigenvalue weighted by molar-refractivity contribution is -0.145. The molecule has 1 aromatic carbocycles. The molecule has 0 bridgehead atoms. The van der Waals surface area contributed by atoms with Gasteiger partial charge in [-0.05, 0) is 17.7 Å². The summed E-state index contributed by atoms with van der Waals surface area (Å²) in [7, 11) is 0. The van der Waals surface area contributed by atoms with Crippen molar-refractivity contribution < 1.29 is 27.5 Å². The number of hydrogen-bond donors (Lipinski definition) is 1. The first kappa shape index (κ1) is 18.3. The number of alkyl carbamates (subject to hydrolysis) is 1. The maximum absolute atomic E-state index is 12.7. The molecule has 2 saturated heterocycles. The number of likely N-dealkylation sites (tertiary alicyclic amines) is 1. The Kier molecular flexibility index (Phi) is 4.24. The number of rotatable bonds is 3. The third kappa shape index (κ3) is 3.51. The highest BCUT2D eigenvalue weighted by molar-refractivity contribution is 5.94. The van der Waals surface area contributed by atoms with Crippen molar-refractivity contribution in [3.05, 3.63) is 47.5 Å². The summed E-state index contributed by atoms with van der Waals surface area (Å²) in [6.45, 7) is 1.29.